The van der Waals surface area contributed by atoms with E-state index in [2.05, 4.69) is 9.08 Å². The molecule has 0 saturated carbocycles. The first-order valence-electron chi connectivity index (χ1n) is 5.64. The molecule has 0 heterocycles. The lowest BCUT2D eigenvalue weighted by molar-refractivity contribution is 0.257. The molecule has 3 N–H and O–H groups in total. The van der Waals surface area contributed by atoms with E-state index in [4.69, 9.17) is 17.3 Å². The number of nitrogens with two attached hydrogens (primary N) is 1. The minimum absolute atomic E-state index is 0.369. The molecule has 2 aromatic carbocycles. The Balaban J connectivity index is 2.47. The third kappa shape index (κ3) is 3.49. The summed E-state index contributed by atoms with van der Waals surface area (Å²) in [4.78, 5) is 11.4. The van der Waals surface area contributed by atoms with Crippen LogP contribution in [-0.4, -0.2) is 10.2 Å². The molecule has 5 nitrogen and oxygen atoms in total. The second-order valence-electron chi connectivity index (χ2n) is 3.88. The van der Waals surface area contributed by atoms with Crippen molar-refractivity contribution in [2.45, 2.75) is 4.90 Å². The highest BCUT2D eigenvalue weighted by Crippen LogP contribution is 2.20. The summed E-state index contributed by atoms with van der Waals surface area (Å²) in [5, 5.41) is 0.550. The molecule has 7 heteroatoms. The van der Waals surface area contributed by atoms with E-state index in [1.807, 2.05) is 0 Å². The summed E-state index contributed by atoms with van der Waals surface area (Å²) in [6.45, 7) is 0. The maximum absolute atomic E-state index is 12.8. The molecule has 0 aliphatic carbocycles. The van der Waals surface area contributed by atoms with Crippen LogP contribution < -0.4 is 10.5 Å². The molecule has 0 fully saturated rings. The van der Waals surface area contributed by atoms with E-state index < -0.39 is 15.9 Å². The van der Waals surface area contributed by atoms with Gasteiger partial charge in [0.1, 0.15) is 0 Å². The van der Waals surface area contributed by atoms with Crippen LogP contribution in [0.5, 0.6) is 0 Å². The average molecular weight is 310 g/mol. The number of amides is 2. The number of rotatable bonds is 3. The van der Waals surface area contributed by atoms with Gasteiger partial charge in [0.2, 0.25) is 0 Å². The van der Waals surface area contributed by atoms with Gasteiger partial charge >= 0.3 is 6.03 Å². The van der Waals surface area contributed by atoms with Gasteiger partial charge in [-0.3, -0.25) is 4.72 Å². The number of hydrogen-bond acceptors (Lipinski definition) is 2. The third-order valence-electron chi connectivity index (χ3n) is 2.38. The SMILES string of the molecule is NC(=O)N=S(=O)(Nc1ccc(Cl)cc1)c1ccccc1. The van der Waals surface area contributed by atoms with E-state index >= 15 is 0 Å². The van der Waals surface area contributed by atoms with Crippen molar-refractivity contribution in [3.8, 4) is 0 Å². The topological polar surface area (TPSA) is 84.6 Å². The lowest BCUT2D eigenvalue weighted by Crippen LogP contribution is -2.17. The fourth-order valence-corrected chi connectivity index (χ4v) is 3.17. The summed E-state index contributed by atoms with van der Waals surface area (Å²) in [5.41, 5.74) is 5.57. The predicted octanol–water partition coefficient (Wildman–Crippen LogP) is 3.27. The first-order valence-corrected chi connectivity index (χ1v) is 7.54. The lowest BCUT2D eigenvalue weighted by atomic mass is 10.3. The molecule has 20 heavy (non-hydrogen) atoms. The smallest absolute Gasteiger partial charge is 0.348 e. The Kier molecular flexibility index (Phi) is 4.26. The van der Waals surface area contributed by atoms with Gasteiger partial charge in [0.25, 0.3) is 0 Å². The standard InChI is InChI=1S/C13H12ClN3O2S/c14-10-6-8-11(9-7-10)16-20(19,17-13(15)18)12-4-2-1-3-5-12/h1-9H,(H3,15,16,17,18,19). The zero-order valence-corrected chi connectivity index (χ0v) is 11.9. The Labute approximate surface area is 122 Å². The van der Waals surface area contributed by atoms with Gasteiger partial charge in [-0.05, 0) is 36.4 Å². The first kappa shape index (κ1) is 14.4. The minimum atomic E-state index is -3.18. The van der Waals surface area contributed by atoms with Gasteiger partial charge in [0.05, 0.1) is 4.90 Å². The highest BCUT2D eigenvalue weighted by Gasteiger charge is 2.14. The largest absolute Gasteiger partial charge is 0.349 e. The third-order valence-corrected chi connectivity index (χ3v) is 4.49. The van der Waals surface area contributed by atoms with Crippen LogP contribution in [0.2, 0.25) is 5.02 Å². The van der Waals surface area contributed by atoms with Crippen LogP contribution in [0.1, 0.15) is 0 Å². The van der Waals surface area contributed by atoms with E-state index in [1.54, 1.807) is 54.6 Å². The van der Waals surface area contributed by atoms with Crippen molar-refractivity contribution in [1.82, 2.24) is 0 Å². The predicted molar refractivity (Wildman–Crippen MR) is 79.9 cm³/mol. The van der Waals surface area contributed by atoms with Crippen LogP contribution in [0.15, 0.2) is 63.9 Å². The van der Waals surface area contributed by atoms with Gasteiger partial charge < -0.3 is 5.73 Å². The maximum Gasteiger partial charge on any atom is 0.348 e. The monoisotopic (exact) mass is 309 g/mol. The molecule has 0 radical (unpaired) electrons. The molecule has 0 aromatic heterocycles. The quantitative estimate of drug-likeness (QED) is 0.911. The van der Waals surface area contributed by atoms with Gasteiger partial charge in [0, 0.05) is 10.7 Å². The summed E-state index contributed by atoms with van der Waals surface area (Å²) in [7, 11) is -3.18. The number of benzene rings is 2. The van der Waals surface area contributed by atoms with Gasteiger partial charge in [-0.15, -0.1) is 4.36 Å². The van der Waals surface area contributed by atoms with E-state index in [0.717, 1.165) is 0 Å². The first-order chi connectivity index (χ1) is 9.49. The van der Waals surface area contributed by atoms with E-state index in [-0.39, 0.29) is 0 Å². The highest BCUT2D eigenvalue weighted by molar-refractivity contribution is 7.95. The lowest BCUT2D eigenvalue weighted by Gasteiger charge is -2.12. The normalized spacial score (nSPS) is 13.2. The van der Waals surface area contributed by atoms with Gasteiger partial charge in [-0.2, -0.15) is 0 Å². The number of hydrogen-bond donors (Lipinski definition) is 2. The molecular weight excluding hydrogens is 298 g/mol. The van der Waals surface area contributed by atoms with Crippen LogP contribution >= 0.6 is 11.6 Å². The Morgan fingerprint density at radius 3 is 2.25 bits per heavy atom. The molecule has 0 bridgehead atoms. The van der Waals surface area contributed by atoms with E-state index in [1.165, 1.54) is 0 Å². The van der Waals surface area contributed by atoms with Crippen LogP contribution in [0.4, 0.5) is 10.5 Å². The van der Waals surface area contributed by atoms with Gasteiger partial charge in [0.15, 0.2) is 9.92 Å². The summed E-state index contributed by atoms with van der Waals surface area (Å²) in [6, 6.07) is 14.0. The highest BCUT2D eigenvalue weighted by atomic mass is 35.5. The zero-order chi connectivity index (χ0) is 14.6. The number of urea groups is 1. The van der Waals surface area contributed by atoms with Crippen molar-refractivity contribution in [2.24, 2.45) is 10.1 Å². The van der Waals surface area contributed by atoms with Crippen LogP contribution in [0, 0.1) is 0 Å². The summed E-state index contributed by atoms with van der Waals surface area (Å²) in [6.07, 6.45) is 0. The molecule has 2 rings (SSSR count). The van der Waals surface area contributed by atoms with Crippen molar-refractivity contribution in [1.29, 1.82) is 0 Å². The van der Waals surface area contributed by atoms with Crippen LogP contribution in [0.3, 0.4) is 0 Å². The number of halogens is 1. The zero-order valence-electron chi connectivity index (χ0n) is 10.3. The van der Waals surface area contributed by atoms with E-state index in [9.17, 15) is 9.00 Å². The Bertz CT molecular complexity index is 723. The minimum Gasteiger partial charge on any atom is -0.349 e. The van der Waals surface area contributed by atoms with Gasteiger partial charge in [-0.25, -0.2) is 9.00 Å². The van der Waals surface area contributed by atoms with Crippen LogP contribution in [0.25, 0.3) is 0 Å². The number of carbonyl (C=O) groups is 1. The van der Waals surface area contributed by atoms with Gasteiger partial charge in [-0.1, -0.05) is 29.8 Å². The number of anilines is 1. The molecule has 0 saturated heterocycles. The molecule has 1 atom stereocenters. The van der Waals surface area contributed by atoms with Crippen molar-refractivity contribution in [3.63, 3.8) is 0 Å². The second-order valence-corrected chi connectivity index (χ2v) is 6.22. The maximum atomic E-state index is 12.8. The van der Waals surface area contributed by atoms with Crippen molar-refractivity contribution < 1.29 is 9.00 Å². The number of primary amides is 1. The molecule has 2 aromatic rings. The summed E-state index contributed by atoms with van der Waals surface area (Å²) in [5.74, 6) is 0. The van der Waals surface area contributed by atoms with Crippen molar-refractivity contribution >= 4 is 33.2 Å². The number of nitrogens with one attached hydrogen (secondary N) is 1. The fourth-order valence-electron chi connectivity index (χ4n) is 1.54. The Morgan fingerprint density at radius 1 is 1.10 bits per heavy atom. The molecule has 104 valence electrons. The van der Waals surface area contributed by atoms with Crippen molar-refractivity contribution in [2.75, 3.05) is 4.72 Å². The molecular formula is C13H12ClN3O2S. The summed E-state index contributed by atoms with van der Waals surface area (Å²) >= 11 is 5.79. The van der Waals surface area contributed by atoms with Crippen molar-refractivity contribution in [3.05, 3.63) is 59.6 Å². The second kappa shape index (κ2) is 5.94. The average Bonchev–Trinajstić information content (AvgIpc) is 2.42. The summed E-state index contributed by atoms with van der Waals surface area (Å²) < 4.78 is 19.1. The molecule has 0 spiro atoms. The Morgan fingerprint density at radius 2 is 1.70 bits per heavy atom. The van der Waals surface area contributed by atoms with E-state index in [0.29, 0.717) is 15.6 Å². The Hall–Kier alpha value is -2.05. The number of carbonyl (C=O) groups excluding carboxylic acids is 1. The molecule has 0 aliphatic heterocycles. The molecule has 0 aliphatic rings. The molecule has 2 amide bonds. The fraction of sp³-hybridized carbons (Fsp3) is 0. The van der Waals surface area contributed by atoms with Crippen LogP contribution in [-0.2, 0) is 9.92 Å². The molecule has 1 unspecified atom stereocenters. The number of nitrogens with zero attached hydrogens (tertiary/aromatic N) is 1.